The standard InChI is InChI=1S/C19H22N2O5S/c1-2-19(23)26-14-18(22)20-9-11-21(12-10-20)27(24,25)17-8-7-15-5-3-4-6-16(15)13-17/h3-8,13H,2,9-12,14H2,1H3. The van der Waals surface area contributed by atoms with Crippen molar-refractivity contribution in [1.29, 1.82) is 0 Å². The Bertz CT molecular complexity index is 949. The lowest BCUT2D eigenvalue weighted by molar-refractivity contribution is -0.152. The number of sulfonamides is 1. The van der Waals surface area contributed by atoms with Crippen molar-refractivity contribution in [3.8, 4) is 0 Å². The molecule has 0 radical (unpaired) electrons. The first-order valence-corrected chi connectivity index (χ1v) is 10.3. The van der Waals surface area contributed by atoms with Crippen molar-refractivity contribution in [2.24, 2.45) is 0 Å². The number of ether oxygens (including phenoxy) is 1. The molecular weight excluding hydrogens is 368 g/mol. The Morgan fingerprint density at radius 1 is 1.00 bits per heavy atom. The highest BCUT2D eigenvalue weighted by Gasteiger charge is 2.30. The number of hydrogen-bond donors (Lipinski definition) is 0. The summed E-state index contributed by atoms with van der Waals surface area (Å²) in [6.45, 7) is 2.32. The number of nitrogens with zero attached hydrogens (tertiary/aromatic N) is 2. The molecule has 1 fully saturated rings. The maximum Gasteiger partial charge on any atom is 0.306 e. The molecule has 27 heavy (non-hydrogen) atoms. The molecule has 1 aliphatic heterocycles. The van der Waals surface area contributed by atoms with Gasteiger partial charge in [-0.25, -0.2) is 8.42 Å². The fourth-order valence-electron chi connectivity index (χ4n) is 2.99. The van der Waals surface area contributed by atoms with Crippen LogP contribution in [0.3, 0.4) is 0 Å². The predicted molar refractivity (Wildman–Crippen MR) is 101 cm³/mol. The van der Waals surface area contributed by atoms with Gasteiger partial charge in [-0.3, -0.25) is 9.59 Å². The smallest absolute Gasteiger partial charge is 0.306 e. The first-order valence-electron chi connectivity index (χ1n) is 8.84. The van der Waals surface area contributed by atoms with E-state index in [-0.39, 0.29) is 50.0 Å². The average molecular weight is 390 g/mol. The van der Waals surface area contributed by atoms with Gasteiger partial charge in [0, 0.05) is 32.6 Å². The third kappa shape index (κ3) is 4.28. The minimum atomic E-state index is -3.62. The van der Waals surface area contributed by atoms with E-state index in [1.807, 2.05) is 24.3 Å². The van der Waals surface area contributed by atoms with Crippen LogP contribution in [-0.4, -0.2) is 62.3 Å². The molecule has 3 rings (SSSR count). The van der Waals surface area contributed by atoms with Crippen molar-refractivity contribution < 1.29 is 22.7 Å². The molecular formula is C19H22N2O5S. The zero-order valence-electron chi connectivity index (χ0n) is 15.1. The van der Waals surface area contributed by atoms with Gasteiger partial charge in [-0.2, -0.15) is 4.31 Å². The number of carbonyl (C=O) groups excluding carboxylic acids is 2. The van der Waals surface area contributed by atoms with E-state index >= 15 is 0 Å². The molecule has 1 amide bonds. The predicted octanol–water partition coefficient (Wildman–Crippen LogP) is 1.63. The van der Waals surface area contributed by atoms with E-state index in [2.05, 4.69) is 0 Å². The molecule has 144 valence electrons. The molecule has 0 bridgehead atoms. The Morgan fingerprint density at radius 2 is 1.67 bits per heavy atom. The van der Waals surface area contributed by atoms with Crippen LogP contribution in [0.15, 0.2) is 47.4 Å². The molecule has 8 heteroatoms. The van der Waals surface area contributed by atoms with Crippen LogP contribution in [0.5, 0.6) is 0 Å². The lowest BCUT2D eigenvalue weighted by Crippen LogP contribution is -2.51. The van der Waals surface area contributed by atoms with E-state index in [9.17, 15) is 18.0 Å². The highest BCUT2D eigenvalue weighted by atomic mass is 32.2. The maximum absolute atomic E-state index is 12.9. The van der Waals surface area contributed by atoms with Crippen molar-refractivity contribution in [2.75, 3.05) is 32.8 Å². The van der Waals surface area contributed by atoms with Gasteiger partial charge in [0.15, 0.2) is 6.61 Å². The summed E-state index contributed by atoms with van der Waals surface area (Å²) in [7, 11) is -3.62. The number of fused-ring (bicyclic) bond motifs is 1. The summed E-state index contributed by atoms with van der Waals surface area (Å²) in [6.07, 6.45) is 0.213. The summed E-state index contributed by atoms with van der Waals surface area (Å²) >= 11 is 0. The van der Waals surface area contributed by atoms with E-state index in [1.165, 1.54) is 9.21 Å². The van der Waals surface area contributed by atoms with Gasteiger partial charge in [0.25, 0.3) is 5.91 Å². The lowest BCUT2D eigenvalue weighted by atomic mass is 10.1. The Balaban J connectivity index is 1.65. The molecule has 0 N–H and O–H groups in total. The van der Waals surface area contributed by atoms with Crippen LogP contribution in [0, 0.1) is 0 Å². The lowest BCUT2D eigenvalue weighted by Gasteiger charge is -2.33. The van der Waals surface area contributed by atoms with Gasteiger partial charge in [-0.15, -0.1) is 0 Å². The summed E-state index contributed by atoms with van der Waals surface area (Å²) in [5.74, 6) is -0.736. The second kappa shape index (κ2) is 8.06. The minimum Gasteiger partial charge on any atom is -0.456 e. The molecule has 1 heterocycles. The Kier molecular flexibility index (Phi) is 5.76. The molecule has 2 aromatic carbocycles. The van der Waals surface area contributed by atoms with E-state index in [0.29, 0.717) is 0 Å². The van der Waals surface area contributed by atoms with Crippen LogP contribution in [0.2, 0.25) is 0 Å². The Morgan fingerprint density at radius 3 is 2.33 bits per heavy atom. The van der Waals surface area contributed by atoms with Gasteiger partial charge in [-0.05, 0) is 22.9 Å². The van der Waals surface area contributed by atoms with Crippen LogP contribution in [-0.2, 0) is 24.3 Å². The van der Waals surface area contributed by atoms with Crippen LogP contribution < -0.4 is 0 Å². The zero-order valence-corrected chi connectivity index (χ0v) is 15.9. The van der Waals surface area contributed by atoms with Gasteiger partial charge < -0.3 is 9.64 Å². The normalized spacial score (nSPS) is 15.7. The SMILES string of the molecule is CCC(=O)OCC(=O)N1CCN(S(=O)(=O)c2ccc3ccccc3c2)CC1. The molecule has 0 atom stereocenters. The number of amides is 1. The first kappa shape index (κ1) is 19.3. The summed E-state index contributed by atoms with van der Waals surface area (Å²) in [4.78, 5) is 25.0. The van der Waals surface area contributed by atoms with E-state index in [0.717, 1.165) is 10.8 Å². The van der Waals surface area contributed by atoms with Crippen molar-refractivity contribution >= 4 is 32.7 Å². The van der Waals surface area contributed by atoms with E-state index in [1.54, 1.807) is 25.1 Å². The quantitative estimate of drug-likeness (QED) is 0.725. The second-order valence-electron chi connectivity index (χ2n) is 6.31. The average Bonchev–Trinajstić information content (AvgIpc) is 2.71. The number of rotatable bonds is 5. The summed E-state index contributed by atoms with van der Waals surface area (Å²) in [5.41, 5.74) is 0. The van der Waals surface area contributed by atoms with Crippen molar-refractivity contribution in [3.05, 3.63) is 42.5 Å². The molecule has 0 aliphatic carbocycles. The molecule has 0 unspecified atom stereocenters. The van der Waals surface area contributed by atoms with Crippen molar-refractivity contribution in [1.82, 2.24) is 9.21 Å². The minimum absolute atomic E-state index is 0.211. The first-order chi connectivity index (χ1) is 12.9. The van der Waals surface area contributed by atoms with Gasteiger partial charge in [0.05, 0.1) is 4.90 Å². The highest BCUT2D eigenvalue weighted by molar-refractivity contribution is 7.89. The van der Waals surface area contributed by atoms with Crippen LogP contribution in [0.25, 0.3) is 10.8 Å². The fraction of sp³-hybridized carbons (Fsp3) is 0.368. The van der Waals surface area contributed by atoms with Gasteiger partial charge in [0.1, 0.15) is 0 Å². The summed E-state index contributed by atoms with van der Waals surface area (Å²) in [5, 5.41) is 1.85. The summed E-state index contributed by atoms with van der Waals surface area (Å²) < 4.78 is 32.1. The van der Waals surface area contributed by atoms with Gasteiger partial charge in [0.2, 0.25) is 10.0 Å². The monoisotopic (exact) mass is 390 g/mol. The Labute approximate surface area is 158 Å². The number of piperazine rings is 1. The molecule has 0 aromatic heterocycles. The number of benzene rings is 2. The number of carbonyl (C=O) groups is 2. The van der Waals surface area contributed by atoms with Crippen LogP contribution in [0.1, 0.15) is 13.3 Å². The van der Waals surface area contributed by atoms with Crippen molar-refractivity contribution in [3.63, 3.8) is 0 Å². The molecule has 0 spiro atoms. The van der Waals surface area contributed by atoms with E-state index in [4.69, 9.17) is 4.74 Å². The highest BCUT2D eigenvalue weighted by Crippen LogP contribution is 2.22. The molecule has 2 aromatic rings. The third-order valence-corrected chi connectivity index (χ3v) is 6.49. The Hall–Kier alpha value is -2.45. The van der Waals surface area contributed by atoms with Gasteiger partial charge >= 0.3 is 5.97 Å². The van der Waals surface area contributed by atoms with Crippen molar-refractivity contribution in [2.45, 2.75) is 18.2 Å². The van der Waals surface area contributed by atoms with Crippen LogP contribution in [0.4, 0.5) is 0 Å². The third-order valence-electron chi connectivity index (χ3n) is 4.60. The van der Waals surface area contributed by atoms with Crippen LogP contribution >= 0.6 is 0 Å². The molecule has 1 aliphatic rings. The summed E-state index contributed by atoms with van der Waals surface area (Å²) in [6, 6.07) is 12.7. The fourth-order valence-corrected chi connectivity index (χ4v) is 4.45. The largest absolute Gasteiger partial charge is 0.456 e. The van der Waals surface area contributed by atoms with E-state index < -0.39 is 16.0 Å². The molecule has 7 nitrogen and oxygen atoms in total. The number of esters is 1. The molecule has 1 saturated heterocycles. The second-order valence-corrected chi connectivity index (χ2v) is 8.25. The topological polar surface area (TPSA) is 84.0 Å². The van der Waals surface area contributed by atoms with Gasteiger partial charge in [-0.1, -0.05) is 37.3 Å². The maximum atomic E-state index is 12.9. The number of hydrogen-bond acceptors (Lipinski definition) is 5. The molecule has 0 saturated carbocycles. The zero-order chi connectivity index (χ0) is 19.4.